The van der Waals surface area contributed by atoms with Crippen molar-refractivity contribution in [1.29, 1.82) is 0 Å². The van der Waals surface area contributed by atoms with E-state index in [0.717, 1.165) is 17.7 Å². The van der Waals surface area contributed by atoms with E-state index in [2.05, 4.69) is 5.16 Å². The minimum absolute atomic E-state index is 0.250. The molecule has 0 amide bonds. The quantitative estimate of drug-likeness (QED) is 0.323. The van der Waals surface area contributed by atoms with Crippen LogP contribution in [-0.2, 0) is 17.4 Å². The molecule has 0 fully saturated rings. The summed E-state index contributed by atoms with van der Waals surface area (Å²) in [5.41, 5.74) is 0.0930. The smallest absolute Gasteiger partial charge is 0.416 e. The lowest BCUT2D eigenvalue weighted by Gasteiger charge is -2.23. The van der Waals surface area contributed by atoms with Gasteiger partial charge in [0.05, 0.1) is 5.56 Å². The summed E-state index contributed by atoms with van der Waals surface area (Å²) in [5, 5.41) is 14.3. The van der Waals surface area contributed by atoms with E-state index in [4.69, 9.17) is 14.0 Å². The fourth-order valence-electron chi connectivity index (χ4n) is 4.32. The maximum Gasteiger partial charge on any atom is 0.416 e. The Bertz CT molecular complexity index is 1410. The van der Waals surface area contributed by atoms with Crippen molar-refractivity contribution >= 4 is 16.9 Å². The molecule has 9 heteroatoms. The lowest BCUT2D eigenvalue weighted by atomic mass is 9.92. The van der Waals surface area contributed by atoms with Crippen molar-refractivity contribution in [2.24, 2.45) is 0 Å². The number of nitrogens with zero attached hydrogens (tertiary/aromatic N) is 1. The first-order chi connectivity index (χ1) is 16.7. The predicted molar refractivity (Wildman–Crippen MR) is 121 cm³/mol. The van der Waals surface area contributed by atoms with Crippen LogP contribution < -0.4 is 9.47 Å². The molecule has 3 aromatic carbocycles. The highest BCUT2D eigenvalue weighted by molar-refractivity contribution is 5.92. The standard InChI is InChI=1S/C26H20F3NO5/c1-2-11-25(24(31)32)14-16-12-18(8-10-21(16)34-25)33-19-7-9-20-22(13-19)35-30-23(20)15-3-5-17(6-4-15)26(27,28)29/h3-10,12-13H,2,11,14H2,1H3,(H,31,32)/t25-/m0/s1. The van der Waals surface area contributed by atoms with Crippen LogP contribution >= 0.6 is 0 Å². The molecule has 0 unspecified atom stereocenters. The van der Waals surface area contributed by atoms with Crippen molar-refractivity contribution in [2.45, 2.75) is 38.0 Å². The molecule has 35 heavy (non-hydrogen) atoms. The minimum Gasteiger partial charge on any atom is -0.478 e. The number of alkyl halides is 3. The van der Waals surface area contributed by atoms with Crippen molar-refractivity contribution in [3.05, 3.63) is 71.8 Å². The van der Waals surface area contributed by atoms with E-state index in [1.54, 1.807) is 36.4 Å². The van der Waals surface area contributed by atoms with Crippen molar-refractivity contribution in [1.82, 2.24) is 5.16 Å². The third-order valence-corrected chi connectivity index (χ3v) is 6.02. The molecular weight excluding hydrogens is 463 g/mol. The fraction of sp³-hybridized carbons (Fsp3) is 0.231. The first-order valence-corrected chi connectivity index (χ1v) is 11.0. The molecule has 0 aliphatic carbocycles. The molecule has 4 aromatic rings. The zero-order valence-corrected chi connectivity index (χ0v) is 18.6. The maximum atomic E-state index is 12.8. The second kappa shape index (κ2) is 8.33. The molecule has 180 valence electrons. The van der Waals surface area contributed by atoms with Crippen LogP contribution in [-0.4, -0.2) is 21.8 Å². The molecule has 1 aliphatic heterocycles. The number of benzene rings is 3. The first kappa shape index (κ1) is 22.8. The van der Waals surface area contributed by atoms with Crippen LogP contribution in [0.4, 0.5) is 13.2 Å². The molecule has 1 aliphatic rings. The lowest BCUT2D eigenvalue weighted by Crippen LogP contribution is -2.43. The highest BCUT2D eigenvalue weighted by atomic mass is 19.4. The number of hydrogen-bond acceptors (Lipinski definition) is 5. The summed E-state index contributed by atoms with van der Waals surface area (Å²) in [6.45, 7) is 1.91. The Morgan fingerprint density at radius 1 is 1.09 bits per heavy atom. The number of rotatable bonds is 6. The maximum absolute atomic E-state index is 12.8. The van der Waals surface area contributed by atoms with Crippen molar-refractivity contribution < 1.29 is 37.1 Å². The molecule has 1 atom stereocenters. The molecule has 6 nitrogen and oxygen atoms in total. The number of carbonyl (C=O) groups is 1. The van der Waals surface area contributed by atoms with Gasteiger partial charge >= 0.3 is 12.1 Å². The summed E-state index contributed by atoms with van der Waals surface area (Å²) in [4.78, 5) is 11.8. The largest absolute Gasteiger partial charge is 0.478 e. The number of carboxylic acid groups (broad SMARTS) is 1. The Balaban J connectivity index is 1.37. The summed E-state index contributed by atoms with van der Waals surface area (Å²) in [6, 6.07) is 14.9. The zero-order chi connectivity index (χ0) is 24.8. The van der Waals surface area contributed by atoms with Gasteiger partial charge < -0.3 is 19.1 Å². The molecule has 1 N–H and O–H groups in total. The van der Waals surface area contributed by atoms with Gasteiger partial charge in [-0.25, -0.2) is 4.79 Å². The Labute approximate surface area is 197 Å². The SMILES string of the molecule is CCC[C@@]1(C(=O)O)Cc2cc(Oc3ccc4c(-c5ccc(C(F)(F)F)cc5)noc4c3)ccc2O1. The predicted octanol–water partition coefficient (Wildman–Crippen LogP) is 6.86. The van der Waals surface area contributed by atoms with Gasteiger partial charge in [0.15, 0.2) is 5.58 Å². The van der Waals surface area contributed by atoms with Crippen LogP contribution in [0.3, 0.4) is 0 Å². The average Bonchev–Trinajstić information content (AvgIpc) is 3.40. The van der Waals surface area contributed by atoms with Crippen LogP contribution in [0.15, 0.2) is 65.2 Å². The van der Waals surface area contributed by atoms with Crippen LogP contribution in [0.5, 0.6) is 17.2 Å². The van der Waals surface area contributed by atoms with E-state index in [9.17, 15) is 23.1 Å². The minimum atomic E-state index is -4.41. The summed E-state index contributed by atoms with van der Waals surface area (Å²) in [5.74, 6) is 0.508. The fourth-order valence-corrected chi connectivity index (χ4v) is 4.32. The Morgan fingerprint density at radius 2 is 1.80 bits per heavy atom. The molecule has 5 rings (SSSR count). The number of hydrogen-bond donors (Lipinski definition) is 1. The summed E-state index contributed by atoms with van der Waals surface area (Å²) in [7, 11) is 0. The van der Waals surface area contributed by atoms with Gasteiger partial charge in [0, 0.05) is 29.0 Å². The monoisotopic (exact) mass is 483 g/mol. The van der Waals surface area contributed by atoms with E-state index in [1.807, 2.05) is 6.92 Å². The van der Waals surface area contributed by atoms with Gasteiger partial charge in [-0.1, -0.05) is 30.6 Å². The van der Waals surface area contributed by atoms with E-state index in [1.165, 1.54) is 12.1 Å². The Hall–Kier alpha value is -4.01. The summed E-state index contributed by atoms with van der Waals surface area (Å²) in [6.07, 6.45) is -3.09. The van der Waals surface area contributed by atoms with Gasteiger partial charge in [-0.05, 0) is 48.9 Å². The number of aliphatic carboxylic acids is 1. The number of fused-ring (bicyclic) bond motifs is 2. The average molecular weight is 483 g/mol. The Kier molecular flexibility index (Phi) is 5.42. The van der Waals surface area contributed by atoms with Gasteiger partial charge in [-0.2, -0.15) is 13.2 Å². The second-order valence-corrected chi connectivity index (χ2v) is 8.46. The molecule has 0 saturated heterocycles. The van der Waals surface area contributed by atoms with E-state index >= 15 is 0 Å². The number of carboxylic acids is 1. The van der Waals surface area contributed by atoms with Gasteiger partial charge in [0.1, 0.15) is 22.9 Å². The first-order valence-electron chi connectivity index (χ1n) is 11.0. The number of halogens is 3. The zero-order valence-electron chi connectivity index (χ0n) is 18.6. The van der Waals surface area contributed by atoms with Crippen LogP contribution in [0.1, 0.15) is 30.9 Å². The molecule has 0 radical (unpaired) electrons. The summed E-state index contributed by atoms with van der Waals surface area (Å²) < 4.78 is 55.7. The third kappa shape index (κ3) is 4.18. The lowest BCUT2D eigenvalue weighted by molar-refractivity contribution is -0.154. The molecule has 0 saturated carbocycles. The highest BCUT2D eigenvalue weighted by Gasteiger charge is 2.45. The van der Waals surface area contributed by atoms with Crippen molar-refractivity contribution in [3.63, 3.8) is 0 Å². The third-order valence-electron chi connectivity index (χ3n) is 6.02. The number of aromatic nitrogens is 1. The molecule has 0 bridgehead atoms. The van der Waals surface area contributed by atoms with E-state index < -0.39 is 23.3 Å². The van der Waals surface area contributed by atoms with Crippen molar-refractivity contribution in [2.75, 3.05) is 0 Å². The van der Waals surface area contributed by atoms with Crippen LogP contribution in [0, 0.1) is 0 Å². The van der Waals surface area contributed by atoms with Crippen molar-refractivity contribution in [3.8, 4) is 28.5 Å². The molecule has 1 aromatic heterocycles. The van der Waals surface area contributed by atoms with Gasteiger partial charge in [-0.3, -0.25) is 0 Å². The molecular formula is C26H20F3NO5. The van der Waals surface area contributed by atoms with E-state index in [0.29, 0.717) is 52.3 Å². The highest BCUT2D eigenvalue weighted by Crippen LogP contribution is 2.41. The van der Waals surface area contributed by atoms with Crippen LogP contribution in [0.2, 0.25) is 0 Å². The van der Waals surface area contributed by atoms with Gasteiger partial charge in [0.2, 0.25) is 5.60 Å². The van der Waals surface area contributed by atoms with Crippen LogP contribution in [0.25, 0.3) is 22.2 Å². The Morgan fingerprint density at radius 3 is 2.49 bits per heavy atom. The second-order valence-electron chi connectivity index (χ2n) is 8.46. The number of ether oxygens (including phenoxy) is 2. The topological polar surface area (TPSA) is 81.8 Å². The normalized spacial score (nSPS) is 17.3. The summed E-state index contributed by atoms with van der Waals surface area (Å²) >= 11 is 0. The van der Waals surface area contributed by atoms with Gasteiger partial charge in [-0.15, -0.1) is 0 Å². The van der Waals surface area contributed by atoms with Gasteiger partial charge in [0.25, 0.3) is 0 Å². The molecule has 0 spiro atoms. The van der Waals surface area contributed by atoms with E-state index in [-0.39, 0.29) is 6.42 Å². The molecule has 2 heterocycles.